The van der Waals surface area contributed by atoms with Crippen LogP contribution in [-0.4, -0.2) is 65.7 Å². The smallest absolute Gasteiger partial charge is 0.141 e. The van der Waals surface area contributed by atoms with Crippen LogP contribution in [0.5, 0.6) is 0 Å². The Morgan fingerprint density at radius 2 is 1.84 bits per heavy atom. The molecule has 0 amide bonds. The summed E-state index contributed by atoms with van der Waals surface area (Å²) >= 11 is 3.73. The molecule has 6 heteroatoms. The molecule has 1 fully saturated rings. The Bertz CT molecular complexity index is 677. The van der Waals surface area contributed by atoms with Crippen LogP contribution < -0.4 is 5.32 Å². The lowest BCUT2D eigenvalue weighted by molar-refractivity contribution is 0.0960. The van der Waals surface area contributed by atoms with E-state index in [1.165, 1.54) is 5.69 Å². The average Bonchev–Trinajstić information content (AvgIpc) is 2.95. The predicted molar refractivity (Wildman–Crippen MR) is 107 cm³/mol. The molecule has 1 saturated heterocycles. The first-order valence-corrected chi connectivity index (χ1v) is 9.83. The summed E-state index contributed by atoms with van der Waals surface area (Å²) in [6, 6.07) is 10.7. The fourth-order valence-electron chi connectivity index (χ4n) is 3.67. The van der Waals surface area contributed by atoms with Crippen LogP contribution in [0.1, 0.15) is 18.7 Å². The highest BCUT2D eigenvalue weighted by atomic mass is 79.9. The van der Waals surface area contributed by atoms with E-state index in [0.717, 1.165) is 55.3 Å². The predicted octanol–water partition coefficient (Wildman–Crippen LogP) is 2.75. The molecular formula is C19H28BrN5. The van der Waals surface area contributed by atoms with Crippen molar-refractivity contribution in [1.29, 1.82) is 0 Å². The van der Waals surface area contributed by atoms with Crippen LogP contribution in [0, 0.1) is 0 Å². The summed E-state index contributed by atoms with van der Waals surface area (Å²) in [6.45, 7) is 8.76. The van der Waals surface area contributed by atoms with Gasteiger partial charge in [-0.3, -0.25) is 4.90 Å². The minimum absolute atomic E-state index is 0.313. The van der Waals surface area contributed by atoms with Crippen molar-refractivity contribution in [2.45, 2.75) is 13.0 Å². The van der Waals surface area contributed by atoms with Crippen molar-refractivity contribution in [2.75, 3.05) is 46.3 Å². The SMILES string of the molecule is CCN1CCN(C(CNC)c2c(Br)nc(-c3ccccc3)n2C)CC1. The number of piperazine rings is 1. The summed E-state index contributed by atoms with van der Waals surface area (Å²) in [5.41, 5.74) is 2.40. The zero-order chi connectivity index (χ0) is 17.8. The number of rotatable bonds is 6. The molecule has 0 bridgehead atoms. The molecule has 1 aliphatic rings. The van der Waals surface area contributed by atoms with Gasteiger partial charge in [0.05, 0.1) is 11.7 Å². The van der Waals surface area contributed by atoms with Crippen molar-refractivity contribution in [2.24, 2.45) is 7.05 Å². The standard InChI is InChI=1S/C19H28BrN5/c1-4-24-10-12-25(13-11-24)16(14-21-2)17-18(20)22-19(23(17)3)15-8-6-5-7-9-15/h5-9,16,21H,4,10-14H2,1-3H3. The summed E-state index contributed by atoms with van der Waals surface area (Å²) in [6.07, 6.45) is 0. The van der Waals surface area contributed by atoms with E-state index < -0.39 is 0 Å². The van der Waals surface area contributed by atoms with Gasteiger partial charge in [-0.05, 0) is 29.5 Å². The lowest BCUT2D eigenvalue weighted by Crippen LogP contribution is -2.49. The lowest BCUT2D eigenvalue weighted by atomic mass is 10.1. The summed E-state index contributed by atoms with van der Waals surface area (Å²) < 4.78 is 3.19. The molecule has 25 heavy (non-hydrogen) atoms. The average molecular weight is 406 g/mol. The number of hydrogen-bond acceptors (Lipinski definition) is 4. The van der Waals surface area contributed by atoms with Gasteiger partial charge in [-0.15, -0.1) is 0 Å². The Morgan fingerprint density at radius 1 is 1.16 bits per heavy atom. The molecule has 0 aliphatic carbocycles. The summed E-state index contributed by atoms with van der Waals surface area (Å²) in [5.74, 6) is 1.01. The van der Waals surface area contributed by atoms with Crippen LogP contribution in [0.25, 0.3) is 11.4 Å². The first-order chi connectivity index (χ1) is 12.2. The van der Waals surface area contributed by atoms with Gasteiger partial charge >= 0.3 is 0 Å². The maximum absolute atomic E-state index is 4.82. The van der Waals surface area contributed by atoms with E-state index in [0.29, 0.717) is 6.04 Å². The van der Waals surface area contributed by atoms with Gasteiger partial charge in [-0.25, -0.2) is 4.98 Å². The van der Waals surface area contributed by atoms with Gasteiger partial charge in [0.25, 0.3) is 0 Å². The topological polar surface area (TPSA) is 36.3 Å². The fourth-order valence-corrected chi connectivity index (χ4v) is 4.37. The molecule has 2 aromatic rings. The fraction of sp³-hybridized carbons (Fsp3) is 0.526. The number of halogens is 1. The van der Waals surface area contributed by atoms with Crippen molar-refractivity contribution in [1.82, 2.24) is 24.7 Å². The summed E-state index contributed by atoms with van der Waals surface area (Å²) in [7, 11) is 4.15. The Hall–Kier alpha value is -1.21. The normalized spacial score (nSPS) is 17.8. The van der Waals surface area contributed by atoms with E-state index in [1.54, 1.807) is 0 Å². The molecule has 1 aromatic heterocycles. The van der Waals surface area contributed by atoms with Crippen LogP contribution in [0.4, 0.5) is 0 Å². The third-order valence-electron chi connectivity index (χ3n) is 5.13. The lowest BCUT2D eigenvalue weighted by Gasteiger charge is -2.39. The number of hydrogen-bond donors (Lipinski definition) is 1. The third kappa shape index (κ3) is 3.97. The highest BCUT2D eigenvalue weighted by Crippen LogP contribution is 2.32. The van der Waals surface area contributed by atoms with E-state index in [9.17, 15) is 0 Å². The van der Waals surface area contributed by atoms with Gasteiger partial charge < -0.3 is 14.8 Å². The number of aromatic nitrogens is 2. The minimum Gasteiger partial charge on any atom is -0.329 e. The van der Waals surface area contributed by atoms with Gasteiger partial charge in [-0.2, -0.15) is 0 Å². The second-order valence-corrected chi connectivity index (χ2v) is 7.33. The first-order valence-electron chi connectivity index (χ1n) is 9.04. The van der Waals surface area contributed by atoms with Crippen LogP contribution in [-0.2, 0) is 7.05 Å². The molecule has 2 heterocycles. The van der Waals surface area contributed by atoms with E-state index >= 15 is 0 Å². The molecule has 1 aromatic carbocycles. The van der Waals surface area contributed by atoms with Crippen LogP contribution in [0.2, 0.25) is 0 Å². The zero-order valence-electron chi connectivity index (χ0n) is 15.4. The Kier molecular flexibility index (Phi) is 6.28. The van der Waals surface area contributed by atoms with Gasteiger partial charge in [0.2, 0.25) is 0 Å². The highest BCUT2D eigenvalue weighted by molar-refractivity contribution is 9.10. The number of nitrogens with zero attached hydrogens (tertiary/aromatic N) is 4. The number of benzene rings is 1. The molecular weight excluding hydrogens is 378 g/mol. The van der Waals surface area contributed by atoms with E-state index in [-0.39, 0.29) is 0 Å². The van der Waals surface area contributed by atoms with Gasteiger partial charge in [0.15, 0.2) is 0 Å². The van der Waals surface area contributed by atoms with Crippen molar-refractivity contribution in [3.63, 3.8) is 0 Å². The minimum atomic E-state index is 0.313. The monoisotopic (exact) mass is 405 g/mol. The van der Waals surface area contributed by atoms with Crippen LogP contribution in [0.15, 0.2) is 34.9 Å². The Morgan fingerprint density at radius 3 is 2.44 bits per heavy atom. The molecule has 5 nitrogen and oxygen atoms in total. The molecule has 0 radical (unpaired) electrons. The summed E-state index contributed by atoms with van der Waals surface area (Å²) in [4.78, 5) is 9.92. The highest BCUT2D eigenvalue weighted by Gasteiger charge is 2.29. The molecule has 3 rings (SSSR count). The molecule has 1 aliphatic heterocycles. The second-order valence-electron chi connectivity index (χ2n) is 6.58. The van der Waals surface area contributed by atoms with Crippen molar-refractivity contribution in [3.05, 3.63) is 40.6 Å². The maximum atomic E-state index is 4.82. The zero-order valence-corrected chi connectivity index (χ0v) is 17.0. The Balaban J connectivity index is 1.91. The van der Waals surface area contributed by atoms with E-state index in [4.69, 9.17) is 4.98 Å². The molecule has 1 N–H and O–H groups in total. The quantitative estimate of drug-likeness (QED) is 0.801. The second kappa shape index (κ2) is 8.45. The van der Waals surface area contributed by atoms with E-state index in [1.807, 2.05) is 13.1 Å². The van der Waals surface area contributed by atoms with E-state index in [2.05, 4.69) is 73.9 Å². The van der Waals surface area contributed by atoms with Gasteiger partial charge in [-0.1, -0.05) is 37.3 Å². The number of imidazole rings is 1. The molecule has 136 valence electrons. The number of nitrogens with one attached hydrogen (secondary N) is 1. The largest absolute Gasteiger partial charge is 0.329 e. The van der Waals surface area contributed by atoms with Crippen LogP contribution >= 0.6 is 15.9 Å². The molecule has 1 atom stereocenters. The molecule has 0 saturated carbocycles. The molecule has 1 unspecified atom stereocenters. The van der Waals surface area contributed by atoms with Gasteiger partial charge in [0, 0.05) is 45.3 Å². The Labute approximate surface area is 159 Å². The third-order valence-corrected chi connectivity index (χ3v) is 5.72. The number of likely N-dealkylation sites (N-methyl/N-ethyl adjacent to an activating group) is 2. The summed E-state index contributed by atoms with van der Waals surface area (Å²) in [5, 5.41) is 3.38. The molecule has 0 spiro atoms. The van der Waals surface area contributed by atoms with Crippen LogP contribution in [0.3, 0.4) is 0 Å². The van der Waals surface area contributed by atoms with Gasteiger partial charge in [0.1, 0.15) is 10.4 Å². The van der Waals surface area contributed by atoms with Crippen molar-refractivity contribution < 1.29 is 0 Å². The van der Waals surface area contributed by atoms with Crippen molar-refractivity contribution >= 4 is 15.9 Å². The maximum Gasteiger partial charge on any atom is 0.141 e. The first kappa shape index (κ1) is 18.6. The van der Waals surface area contributed by atoms with Crippen molar-refractivity contribution in [3.8, 4) is 11.4 Å².